The van der Waals surface area contributed by atoms with Gasteiger partial charge in [-0.3, -0.25) is 9.18 Å². The number of carbonyl (C=O) groups excluding carboxylic acids is 1. The third kappa shape index (κ3) is 2.90. The number of fused-ring (bicyclic) bond motifs is 2. The van der Waals surface area contributed by atoms with Crippen LogP contribution in [0.5, 0.6) is 0 Å². The van der Waals surface area contributed by atoms with Crippen molar-refractivity contribution in [1.82, 2.24) is 9.97 Å². The first-order valence-corrected chi connectivity index (χ1v) is 8.68. The van der Waals surface area contributed by atoms with Gasteiger partial charge in [0, 0.05) is 5.69 Å². The largest absolute Gasteiger partial charge is 0.340 e. The molecule has 128 valence electrons. The van der Waals surface area contributed by atoms with Crippen molar-refractivity contribution in [1.29, 1.82) is 0 Å². The molecule has 0 bridgehead atoms. The molecule has 5 heteroatoms. The predicted octanol–water partition coefficient (Wildman–Crippen LogP) is 4.33. The number of rotatable bonds is 6. The van der Waals surface area contributed by atoms with Crippen molar-refractivity contribution in [3.8, 4) is 0 Å². The minimum atomic E-state index is -0.336. The number of aromatic nitrogens is 2. The fourth-order valence-electron chi connectivity index (χ4n) is 3.57. The Morgan fingerprint density at radius 2 is 1.92 bits per heavy atom. The lowest BCUT2D eigenvalue weighted by molar-refractivity contribution is -0.117. The molecule has 0 saturated heterocycles. The third-order valence-corrected chi connectivity index (χ3v) is 4.76. The number of aromatic amines is 1. The SMILES string of the molecule is O=C1Cc2ccccc2N1C(CCCCF)c1nc2ccccc2[nH]1. The summed E-state index contributed by atoms with van der Waals surface area (Å²) in [7, 11) is 0. The van der Waals surface area contributed by atoms with Crippen LogP contribution in [0.25, 0.3) is 11.0 Å². The minimum Gasteiger partial charge on any atom is -0.340 e. The van der Waals surface area contributed by atoms with Crippen molar-refractivity contribution in [2.24, 2.45) is 0 Å². The molecule has 1 amide bonds. The van der Waals surface area contributed by atoms with Crippen molar-refractivity contribution in [2.45, 2.75) is 31.7 Å². The molecule has 2 aromatic carbocycles. The number of halogens is 1. The lowest BCUT2D eigenvalue weighted by Crippen LogP contribution is -2.32. The van der Waals surface area contributed by atoms with Gasteiger partial charge in [-0.05, 0) is 43.0 Å². The quantitative estimate of drug-likeness (QED) is 0.681. The number of alkyl halides is 1. The van der Waals surface area contributed by atoms with Gasteiger partial charge < -0.3 is 9.88 Å². The number of H-pyrrole nitrogens is 1. The molecule has 0 spiro atoms. The summed E-state index contributed by atoms with van der Waals surface area (Å²) in [5.74, 6) is 0.844. The van der Waals surface area contributed by atoms with Gasteiger partial charge in [0.05, 0.1) is 30.2 Å². The maximum absolute atomic E-state index is 12.7. The summed E-state index contributed by atoms with van der Waals surface area (Å²) >= 11 is 0. The Kier molecular flexibility index (Phi) is 4.22. The topological polar surface area (TPSA) is 49.0 Å². The second-order valence-corrected chi connectivity index (χ2v) is 6.41. The molecule has 0 aliphatic carbocycles. The van der Waals surface area contributed by atoms with E-state index in [-0.39, 0.29) is 18.6 Å². The zero-order valence-electron chi connectivity index (χ0n) is 13.9. The van der Waals surface area contributed by atoms with Crippen LogP contribution < -0.4 is 4.90 Å². The average Bonchev–Trinajstić information content (AvgIpc) is 3.19. The smallest absolute Gasteiger partial charge is 0.232 e. The van der Waals surface area contributed by atoms with E-state index >= 15 is 0 Å². The lowest BCUT2D eigenvalue weighted by Gasteiger charge is -2.27. The van der Waals surface area contributed by atoms with Crippen LogP contribution in [0, 0.1) is 0 Å². The van der Waals surface area contributed by atoms with Crippen LogP contribution in [0.1, 0.15) is 36.7 Å². The summed E-state index contributed by atoms with van der Waals surface area (Å²) in [6.07, 6.45) is 2.31. The van der Waals surface area contributed by atoms with Gasteiger partial charge in [0.1, 0.15) is 5.82 Å². The van der Waals surface area contributed by atoms with Crippen LogP contribution in [-0.4, -0.2) is 22.5 Å². The van der Waals surface area contributed by atoms with E-state index in [1.54, 1.807) is 0 Å². The van der Waals surface area contributed by atoms with Crippen molar-refractivity contribution in [3.63, 3.8) is 0 Å². The van der Waals surface area contributed by atoms with Crippen molar-refractivity contribution >= 4 is 22.6 Å². The molecule has 1 aromatic heterocycles. The number of hydrogen-bond acceptors (Lipinski definition) is 2. The number of nitrogens with one attached hydrogen (secondary N) is 1. The number of benzene rings is 2. The van der Waals surface area contributed by atoms with E-state index < -0.39 is 0 Å². The van der Waals surface area contributed by atoms with Crippen LogP contribution in [0.15, 0.2) is 48.5 Å². The molecule has 4 nitrogen and oxygen atoms in total. The zero-order chi connectivity index (χ0) is 17.2. The first-order chi connectivity index (χ1) is 12.3. The summed E-state index contributed by atoms with van der Waals surface area (Å²) in [5.41, 5.74) is 3.82. The molecular formula is C20H20FN3O. The molecule has 1 unspecified atom stereocenters. The predicted molar refractivity (Wildman–Crippen MR) is 96.3 cm³/mol. The van der Waals surface area contributed by atoms with Gasteiger partial charge in [-0.2, -0.15) is 0 Å². The van der Waals surface area contributed by atoms with E-state index in [0.29, 0.717) is 25.7 Å². The molecule has 0 saturated carbocycles. The number of hydrogen-bond donors (Lipinski definition) is 1. The highest BCUT2D eigenvalue weighted by Crippen LogP contribution is 2.37. The number of imidazole rings is 1. The molecule has 25 heavy (non-hydrogen) atoms. The van der Waals surface area contributed by atoms with Gasteiger partial charge in [-0.15, -0.1) is 0 Å². The van der Waals surface area contributed by atoms with Gasteiger partial charge in [0.25, 0.3) is 0 Å². The van der Waals surface area contributed by atoms with Crippen LogP contribution in [0.4, 0.5) is 10.1 Å². The highest BCUT2D eigenvalue weighted by molar-refractivity contribution is 6.02. The molecule has 2 heterocycles. The van der Waals surface area contributed by atoms with Gasteiger partial charge >= 0.3 is 0 Å². The second-order valence-electron chi connectivity index (χ2n) is 6.41. The first-order valence-electron chi connectivity index (χ1n) is 8.68. The van der Waals surface area contributed by atoms with Crippen LogP contribution in [-0.2, 0) is 11.2 Å². The number of nitrogens with zero attached hydrogens (tertiary/aromatic N) is 2. The normalized spacial score (nSPS) is 14.9. The van der Waals surface area contributed by atoms with Gasteiger partial charge in [-0.25, -0.2) is 4.98 Å². The fourth-order valence-corrected chi connectivity index (χ4v) is 3.57. The molecule has 0 fully saturated rings. The Balaban J connectivity index is 1.74. The highest BCUT2D eigenvalue weighted by atomic mass is 19.1. The number of para-hydroxylation sites is 3. The maximum atomic E-state index is 12.7. The van der Waals surface area contributed by atoms with Crippen molar-refractivity contribution in [2.75, 3.05) is 11.6 Å². The van der Waals surface area contributed by atoms with Gasteiger partial charge in [0.2, 0.25) is 5.91 Å². The summed E-state index contributed by atoms with van der Waals surface area (Å²) in [6.45, 7) is -0.336. The third-order valence-electron chi connectivity index (χ3n) is 4.76. The van der Waals surface area contributed by atoms with E-state index in [4.69, 9.17) is 4.98 Å². The van der Waals surface area contributed by atoms with Crippen LogP contribution in [0.2, 0.25) is 0 Å². The molecule has 1 aliphatic heterocycles. The number of unbranched alkanes of at least 4 members (excludes halogenated alkanes) is 1. The van der Waals surface area contributed by atoms with E-state index in [1.807, 2.05) is 53.4 Å². The molecule has 3 aromatic rings. The molecule has 0 radical (unpaired) electrons. The Bertz CT molecular complexity index is 872. The molecule has 1 aliphatic rings. The second kappa shape index (κ2) is 6.67. The van der Waals surface area contributed by atoms with E-state index in [1.165, 1.54) is 0 Å². The van der Waals surface area contributed by atoms with Gasteiger partial charge in [-0.1, -0.05) is 30.3 Å². The average molecular weight is 337 g/mol. The van der Waals surface area contributed by atoms with Crippen molar-refractivity contribution in [3.05, 3.63) is 59.9 Å². The summed E-state index contributed by atoms with van der Waals surface area (Å²) < 4.78 is 12.6. The maximum Gasteiger partial charge on any atom is 0.232 e. The van der Waals surface area contributed by atoms with Crippen LogP contribution in [0.3, 0.4) is 0 Å². The Morgan fingerprint density at radius 1 is 1.12 bits per heavy atom. The summed E-state index contributed by atoms with van der Waals surface area (Å²) in [4.78, 5) is 22.6. The zero-order valence-corrected chi connectivity index (χ0v) is 13.9. The number of carbonyl (C=O) groups is 1. The van der Waals surface area contributed by atoms with Crippen molar-refractivity contribution < 1.29 is 9.18 Å². The summed E-state index contributed by atoms with van der Waals surface area (Å²) in [6, 6.07) is 15.5. The molecule has 4 rings (SSSR count). The highest BCUT2D eigenvalue weighted by Gasteiger charge is 2.34. The molecule has 1 atom stereocenters. The number of amides is 1. The van der Waals surface area contributed by atoms with E-state index in [0.717, 1.165) is 28.1 Å². The summed E-state index contributed by atoms with van der Waals surface area (Å²) in [5, 5.41) is 0. The monoisotopic (exact) mass is 337 g/mol. The Morgan fingerprint density at radius 3 is 2.76 bits per heavy atom. The molecule has 1 N–H and O–H groups in total. The minimum absolute atomic E-state index is 0.0758. The van der Waals surface area contributed by atoms with Gasteiger partial charge in [0.15, 0.2) is 0 Å². The van der Waals surface area contributed by atoms with E-state index in [9.17, 15) is 9.18 Å². The lowest BCUT2D eigenvalue weighted by atomic mass is 10.1. The van der Waals surface area contributed by atoms with Crippen LogP contribution >= 0.6 is 0 Å². The standard InChI is InChI=1S/C20H20FN3O/c21-12-6-5-11-18(20-22-15-8-2-3-9-16(15)23-20)24-17-10-4-1-7-14(17)13-19(24)25/h1-4,7-10,18H,5-6,11-13H2,(H,22,23). The van der Waals surface area contributed by atoms with E-state index in [2.05, 4.69) is 4.98 Å². The Labute approximate surface area is 145 Å². The Hall–Kier alpha value is -2.69. The number of anilines is 1. The molecular weight excluding hydrogens is 317 g/mol. The fraction of sp³-hybridized carbons (Fsp3) is 0.300. The first kappa shape index (κ1) is 15.8.